The van der Waals surface area contributed by atoms with E-state index >= 15 is 0 Å². The van der Waals surface area contributed by atoms with Gasteiger partial charge in [-0.05, 0) is 22.4 Å². The Morgan fingerprint density at radius 2 is 1.68 bits per heavy atom. The summed E-state index contributed by atoms with van der Waals surface area (Å²) in [4.78, 5) is 24.5. The topological polar surface area (TPSA) is 98.2 Å². The zero-order chi connectivity index (χ0) is 19.7. The molecule has 1 aromatic heterocycles. The van der Waals surface area contributed by atoms with Crippen molar-refractivity contribution in [2.24, 2.45) is 5.73 Å². The minimum absolute atomic E-state index is 0.0214. The van der Waals surface area contributed by atoms with Gasteiger partial charge in [0.1, 0.15) is 0 Å². The largest absolute Gasteiger partial charge is 0.391 e. The number of aliphatic hydroxyl groups is 1. The Kier molecular flexibility index (Phi) is 4.63. The highest BCUT2D eigenvalue weighted by Crippen LogP contribution is 2.17. The summed E-state index contributed by atoms with van der Waals surface area (Å²) < 4.78 is 1.12. The number of nitrogens with zero attached hydrogens (tertiary/aromatic N) is 2. The molecular formula is C22H19N3O3. The molecule has 0 spiro atoms. The molecule has 0 aliphatic rings. The quantitative estimate of drug-likeness (QED) is 0.561. The summed E-state index contributed by atoms with van der Waals surface area (Å²) in [6, 6.07) is 20.7. The molecule has 0 aliphatic carbocycles. The lowest BCUT2D eigenvalue weighted by Crippen LogP contribution is -2.32. The molecule has 1 amide bonds. The average Bonchev–Trinajstić information content (AvgIpc) is 2.70. The molecule has 140 valence electrons. The number of aliphatic hydroxyl groups excluding tert-OH is 1. The number of carbonyl (C=O) groups excluding carboxylic acids is 1. The highest BCUT2D eigenvalue weighted by atomic mass is 16.3. The molecule has 1 unspecified atom stereocenters. The maximum Gasteiger partial charge on any atom is 0.274 e. The lowest BCUT2D eigenvalue weighted by Gasteiger charge is -2.14. The number of amides is 1. The van der Waals surface area contributed by atoms with Crippen LogP contribution < -0.4 is 11.3 Å². The first-order valence-electron chi connectivity index (χ1n) is 8.98. The standard InChI is InChI=1S/C22H19N3O3/c23-21(27)20-18-7-3-4-8-19(18)22(28)25(24-20)13-17(26)12-14-9-10-15-5-1-2-6-16(15)11-14/h1-11,17,26H,12-13H2,(H2,23,27). The van der Waals surface area contributed by atoms with Crippen LogP contribution in [0.25, 0.3) is 21.5 Å². The Hall–Kier alpha value is -3.51. The van der Waals surface area contributed by atoms with Gasteiger partial charge in [0, 0.05) is 11.8 Å². The zero-order valence-electron chi connectivity index (χ0n) is 15.1. The van der Waals surface area contributed by atoms with Crippen molar-refractivity contribution in [3.05, 3.63) is 88.3 Å². The van der Waals surface area contributed by atoms with Crippen molar-refractivity contribution in [2.45, 2.75) is 19.1 Å². The van der Waals surface area contributed by atoms with Crippen molar-refractivity contribution in [1.29, 1.82) is 0 Å². The first kappa shape index (κ1) is 17.9. The second-order valence-corrected chi connectivity index (χ2v) is 6.79. The van der Waals surface area contributed by atoms with Gasteiger partial charge < -0.3 is 10.8 Å². The van der Waals surface area contributed by atoms with E-state index in [1.807, 2.05) is 42.5 Å². The molecule has 1 heterocycles. The van der Waals surface area contributed by atoms with Crippen LogP contribution in [-0.2, 0) is 13.0 Å². The van der Waals surface area contributed by atoms with Crippen LogP contribution in [0.5, 0.6) is 0 Å². The Morgan fingerprint density at radius 3 is 2.43 bits per heavy atom. The molecule has 6 nitrogen and oxygen atoms in total. The first-order chi connectivity index (χ1) is 13.5. The minimum Gasteiger partial charge on any atom is -0.391 e. The average molecular weight is 373 g/mol. The van der Waals surface area contributed by atoms with E-state index in [1.54, 1.807) is 24.3 Å². The van der Waals surface area contributed by atoms with Gasteiger partial charge in [0.05, 0.1) is 18.0 Å². The van der Waals surface area contributed by atoms with Crippen LogP contribution in [-0.4, -0.2) is 26.9 Å². The molecule has 1 atom stereocenters. The van der Waals surface area contributed by atoms with E-state index in [1.165, 1.54) is 0 Å². The van der Waals surface area contributed by atoms with Crippen LogP contribution in [0.15, 0.2) is 71.5 Å². The molecule has 6 heteroatoms. The van der Waals surface area contributed by atoms with Crippen LogP contribution in [0.2, 0.25) is 0 Å². The number of aromatic nitrogens is 2. The number of fused-ring (bicyclic) bond motifs is 2. The molecule has 28 heavy (non-hydrogen) atoms. The molecule has 0 bridgehead atoms. The van der Waals surface area contributed by atoms with Crippen molar-refractivity contribution < 1.29 is 9.90 Å². The third-order valence-electron chi connectivity index (χ3n) is 4.77. The van der Waals surface area contributed by atoms with Crippen molar-refractivity contribution in [3.8, 4) is 0 Å². The summed E-state index contributed by atoms with van der Waals surface area (Å²) in [5, 5.41) is 17.6. The number of primary amides is 1. The fraction of sp³-hybridized carbons (Fsp3) is 0.136. The van der Waals surface area contributed by atoms with Gasteiger partial charge in [-0.1, -0.05) is 60.7 Å². The lowest BCUT2D eigenvalue weighted by molar-refractivity contribution is 0.0991. The van der Waals surface area contributed by atoms with E-state index < -0.39 is 12.0 Å². The molecule has 0 fully saturated rings. The molecule has 0 aliphatic heterocycles. The van der Waals surface area contributed by atoms with Crippen LogP contribution in [0.3, 0.4) is 0 Å². The van der Waals surface area contributed by atoms with E-state index in [0.29, 0.717) is 17.2 Å². The second-order valence-electron chi connectivity index (χ2n) is 6.79. The van der Waals surface area contributed by atoms with Crippen LogP contribution in [0.1, 0.15) is 16.1 Å². The molecule has 0 saturated heterocycles. The summed E-state index contributed by atoms with van der Waals surface area (Å²) in [6.07, 6.45) is -0.481. The Morgan fingerprint density at radius 1 is 1.00 bits per heavy atom. The SMILES string of the molecule is NC(=O)c1nn(CC(O)Cc2ccc3ccccc3c2)c(=O)c2ccccc12. The summed E-state index contributed by atoms with van der Waals surface area (Å²) in [5.41, 5.74) is 6.04. The number of hydrogen-bond donors (Lipinski definition) is 2. The van der Waals surface area contributed by atoms with Gasteiger partial charge in [0.25, 0.3) is 11.5 Å². The number of carbonyl (C=O) groups is 1. The van der Waals surface area contributed by atoms with Crippen molar-refractivity contribution in [1.82, 2.24) is 9.78 Å². The fourth-order valence-electron chi connectivity index (χ4n) is 3.44. The summed E-state index contributed by atoms with van der Waals surface area (Å²) in [6.45, 7) is -0.0310. The predicted octanol–water partition coefficient (Wildman–Crippen LogP) is 2.25. The Bertz CT molecular complexity index is 1250. The Labute approximate surface area is 160 Å². The molecular weight excluding hydrogens is 354 g/mol. The molecule has 4 aromatic rings. The van der Waals surface area contributed by atoms with E-state index in [9.17, 15) is 14.7 Å². The summed E-state index contributed by atoms with van der Waals surface area (Å²) >= 11 is 0. The molecule has 0 radical (unpaired) electrons. The van der Waals surface area contributed by atoms with Gasteiger partial charge in [0.15, 0.2) is 5.69 Å². The van der Waals surface area contributed by atoms with Crippen molar-refractivity contribution in [2.75, 3.05) is 0 Å². The maximum atomic E-state index is 12.7. The highest BCUT2D eigenvalue weighted by molar-refractivity contribution is 6.03. The number of hydrogen-bond acceptors (Lipinski definition) is 4. The van der Waals surface area contributed by atoms with Gasteiger partial charge in [-0.15, -0.1) is 0 Å². The van der Waals surface area contributed by atoms with E-state index in [4.69, 9.17) is 5.73 Å². The molecule has 4 rings (SSSR count). The van der Waals surface area contributed by atoms with Crippen molar-refractivity contribution >= 4 is 27.5 Å². The minimum atomic E-state index is -0.840. The number of benzene rings is 3. The van der Waals surface area contributed by atoms with Crippen molar-refractivity contribution in [3.63, 3.8) is 0 Å². The fourth-order valence-corrected chi connectivity index (χ4v) is 3.44. The van der Waals surface area contributed by atoms with Gasteiger partial charge in [-0.2, -0.15) is 5.10 Å². The van der Waals surface area contributed by atoms with Crippen LogP contribution in [0.4, 0.5) is 0 Å². The van der Waals surface area contributed by atoms with E-state index in [2.05, 4.69) is 5.10 Å². The van der Waals surface area contributed by atoms with E-state index in [-0.39, 0.29) is 17.8 Å². The van der Waals surface area contributed by atoms with E-state index in [0.717, 1.165) is 21.0 Å². The highest BCUT2D eigenvalue weighted by Gasteiger charge is 2.16. The zero-order valence-corrected chi connectivity index (χ0v) is 15.1. The lowest BCUT2D eigenvalue weighted by atomic mass is 10.0. The summed E-state index contributed by atoms with van der Waals surface area (Å²) in [7, 11) is 0. The number of nitrogens with two attached hydrogens (primary N) is 1. The van der Waals surface area contributed by atoms with Gasteiger partial charge in [-0.3, -0.25) is 9.59 Å². The third kappa shape index (κ3) is 3.37. The first-order valence-corrected chi connectivity index (χ1v) is 8.98. The third-order valence-corrected chi connectivity index (χ3v) is 4.77. The number of rotatable bonds is 5. The predicted molar refractivity (Wildman–Crippen MR) is 108 cm³/mol. The molecule has 3 aromatic carbocycles. The second kappa shape index (κ2) is 7.25. The smallest absolute Gasteiger partial charge is 0.274 e. The van der Waals surface area contributed by atoms with Gasteiger partial charge in [-0.25, -0.2) is 4.68 Å². The maximum absolute atomic E-state index is 12.7. The van der Waals surface area contributed by atoms with Crippen LogP contribution in [0, 0.1) is 0 Å². The van der Waals surface area contributed by atoms with Gasteiger partial charge >= 0.3 is 0 Å². The molecule has 3 N–H and O–H groups in total. The normalized spacial score (nSPS) is 12.3. The van der Waals surface area contributed by atoms with Crippen LogP contribution >= 0.6 is 0 Å². The molecule has 0 saturated carbocycles. The monoisotopic (exact) mass is 373 g/mol. The summed E-state index contributed by atoms with van der Waals surface area (Å²) in [5.74, 6) is -0.714. The Balaban J connectivity index is 1.64. The van der Waals surface area contributed by atoms with Gasteiger partial charge in [0.2, 0.25) is 0 Å².